The van der Waals surface area contributed by atoms with Crippen molar-refractivity contribution in [2.24, 2.45) is 5.10 Å². The number of nitrogens with one attached hydrogen (secondary N) is 2. The zero-order valence-corrected chi connectivity index (χ0v) is 14.8. The molecule has 0 bridgehead atoms. The summed E-state index contributed by atoms with van der Waals surface area (Å²) in [7, 11) is 1.62. The second-order valence-electron chi connectivity index (χ2n) is 5.29. The minimum atomic E-state index is -0.402. The zero-order chi connectivity index (χ0) is 18.1. The van der Waals surface area contributed by atoms with Crippen LogP contribution in [0.2, 0.25) is 0 Å². The molecule has 25 heavy (non-hydrogen) atoms. The molecule has 0 unspecified atom stereocenters. The molecule has 0 aliphatic carbocycles. The van der Waals surface area contributed by atoms with Gasteiger partial charge in [0.15, 0.2) is 0 Å². The molecule has 2 rings (SSSR count). The predicted molar refractivity (Wildman–Crippen MR) is 103 cm³/mol. The SMILES string of the molecule is CCN(CC)c1ccc(/C=N\NC(=O)Nc2ccccc2)c(OC)c1. The third-order valence-corrected chi connectivity index (χ3v) is 3.75. The van der Waals surface area contributed by atoms with Crippen molar-refractivity contribution in [3.05, 3.63) is 54.1 Å². The number of carbonyl (C=O) groups is 1. The van der Waals surface area contributed by atoms with Crippen LogP contribution in [0.5, 0.6) is 5.75 Å². The van der Waals surface area contributed by atoms with Crippen LogP contribution < -0.4 is 20.4 Å². The third-order valence-electron chi connectivity index (χ3n) is 3.75. The Balaban J connectivity index is 2.01. The number of para-hydroxylation sites is 1. The molecule has 0 radical (unpaired) electrons. The fourth-order valence-electron chi connectivity index (χ4n) is 2.43. The normalized spacial score (nSPS) is 10.5. The van der Waals surface area contributed by atoms with Gasteiger partial charge in [0.1, 0.15) is 5.75 Å². The highest BCUT2D eigenvalue weighted by molar-refractivity contribution is 5.91. The first-order valence-electron chi connectivity index (χ1n) is 8.26. The average Bonchev–Trinajstić information content (AvgIpc) is 2.64. The number of rotatable bonds is 7. The summed E-state index contributed by atoms with van der Waals surface area (Å²) in [6.45, 7) is 6.07. The molecule has 2 aromatic carbocycles. The Hall–Kier alpha value is -3.02. The van der Waals surface area contributed by atoms with E-state index in [1.165, 1.54) is 0 Å². The van der Waals surface area contributed by atoms with Crippen molar-refractivity contribution in [3.63, 3.8) is 0 Å². The molecular formula is C19H24N4O2. The lowest BCUT2D eigenvalue weighted by Gasteiger charge is -2.21. The number of amides is 2. The molecule has 0 aromatic heterocycles. The Morgan fingerprint density at radius 3 is 2.52 bits per heavy atom. The first-order chi connectivity index (χ1) is 12.2. The molecule has 2 aromatic rings. The Morgan fingerprint density at radius 1 is 1.16 bits per heavy atom. The quantitative estimate of drug-likeness (QED) is 0.597. The zero-order valence-electron chi connectivity index (χ0n) is 14.8. The number of anilines is 2. The summed E-state index contributed by atoms with van der Waals surface area (Å²) in [4.78, 5) is 14.0. The lowest BCUT2D eigenvalue weighted by molar-refractivity contribution is 0.252. The second kappa shape index (κ2) is 9.32. The summed E-state index contributed by atoms with van der Waals surface area (Å²) in [5.41, 5.74) is 5.03. The molecular weight excluding hydrogens is 316 g/mol. The number of hydrogen-bond acceptors (Lipinski definition) is 4. The van der Waals surface area contributed by atoms with Crippen molar-refractivity contribution in [3.8, 4) is 5.75 Å². The van der Waals surface area contributed by atoms with Crippen molar-refractivity contribution >= 4 is 23.6 Å². The van der Waals surface area contributed by atoms with Gasteiger partial charge >= 0.3 is 6.03 Å². The van der Waals surface area contributed by atoms with Gasteiger partial charge in [-0.05, 0) is 38.1 Å². The summed E-state index contributed by atoms with van der Waals surface area (Å²) >= 11 is 0. The molecule has 132 valence electrons. The van der Waals surface area contributed by atoms with E-state index < -0.39 is 6.03 Å². The van der Waals surface area contributed by atoms with E-state index in [1.54, 1.807) is 25.5 Å². The molecule has 2 amide bonds. The maximum absolute atomic E-state index is 11.8. The number of hydrogen-bond donors (Lipinski definition) is 2. The second-order valence-corrected chi connectivity index (χ2v) is 5.29. The summed E-state index contributed by atoms with van der Waals surface area (Å²) in [6, 6.07) is 14.7. The molecule has 0 fully saturated rings. The molecule has 2 N–H and O–H groups in total. The molecule has 0 atom stereocenters. The summed E-state index contributed by atoms with van der Waals surface area (Å²) in [5.74, 6) is 0.707. The minimum Gasteiger partial charge on any atom is -0.496 e. The van der Waals surface area contributed by atoms with E-state index >= 15 is 0 Å². The van der Waals surface area contributed by atoms with Crippen molar-refractivity contribution in [1.29, 1.82) is 0 Å². The molecule has 0 heterocycles. The highest BCUT2D eigenvalue weighted by Gasteiger charge is 2.07. The maximum atomic E-state index is 11.8. The highest BCUT2D eigenvalue weighted by atomic mass is 16.5. The van der Waals surface area contributed by atoms with E-state index in [9.17, 15) is 4.79 Å². The van der Waals surface area contributed by atoms with E-state index in [0.29, 0.717) is 11.4 Å². The van der Waals surface area contributed by atoms with Gasteiger partial charge in [-0.2, -0.15) is 5.10 Å². The van der Waals surface area contributed by atoms with Gasteiger partial charge in [-0.25, -0.2) is 10.2 Å². The lowest BCUT2D eigenvalue weighted by atomic mass is 10.2. The van der Waals surface area contributed by atoms with E-state index in [0.717, 1.165) is 24.3 Å². The first-order valence-corrected chi connectivity index (χ1v) is 8.26. The number of methoxy groups -OCH3 is 1. The third kappa shape index (κ3) is 5.24. The smallest absolute Gasteiger partial charge is 0.339 e. The topological polar surface area (TPSA) is 66.0 Å². The minimum absolute atomic E-state index is 0.402. The summed E-state index contributed by atoms with van der Waals surface area (Å²) in [5, 5.41) is 6.67. The van der Waals surface area contributed by atoms with Crippen LogP contribution in [0, 0.1) is 0 Å². The Bertz CT molecular complexity index is 713. The number of ether oxygens (including phenoxy) is 1. The van der Waals surface area contributed by atoms with Crippen LogP contribution in [0.3, 0.4) is 0 Å². The standard InChI is InChI=1S/C19H24N4O2/c1-4-23(5-2)17-12-11-15(18(13-17)25-3)14-20-22-19(24)21-16-9-7-6-8-10-16/h6-14H,4-5H2,1-3H3,(H2,21,22,24)/b20-14-. The van der Waals surface area contributed by atoms with Gasteiger partial charge in [0.2, 0.25) is 0 Å². The van der Waals surface area contributed by atoms with Gasteiger partial charge in [-0.3, -0.25) is 0 Å². The van der Waals surface area contributed by atoms with Gasteiger partial charge < -0.3 is 15.0 Å². The molecule has 6 nitrogen and oxygen atoms in total. The van der Waals surface area contributed by atoms with Crippen molar-refractivity contribution in [1.82, 2.24) is 5.43 Å². The van der Waals surface area contributed by atoms with Crippen LogP contribution in [-0.4, -0.2) is 32.4 Å². The average molecular weight is 340 g/mol. The van der Waals surface area contributed by atoms with E-state index in [-0.39, 0.29) is 0 Å². The van der Waals surface area contributed by atoms with Crippen LogP contribution in [0.1, 0.15) is 19.4 Å². The highest BCUT2D eigenvalue weighted by Crippen LogP contribution is 2.24. The molecule has 0 spiro atoms. The van der Waals surface area contributed by atoms with Crippen molar-refractivity contribution in [2.45, 2.75) is 13.8 Å². The summed E-state index contributed by atoms with van der Waals surface area (Å²) in [6.07, 6.45) is 1.56. The molecule has 0 aliphatic rings. The fourth-order valence-corrected chi connectivity index (χ4v) is 2.43. The van der Waals surface area contributed by atoms with E-state index in [2.05, 4.69) is 34.6 Å². The predicted octanol–water partition coefficient (Wildman–Crippen LogP) is 3.70. The fraction of sp³-hybridized carbons (Fsp3) is 0.263. The van der Waals surface area contributed by atoms with Crippen LogP contribution in [0.4, 0.5) is 16.2 Å². The monoisotopic (exact) mass is 340 g/mol. The number of hydrazone groups is 1. The van der Waals surface area contributed by atoms with Gasteiger partial charge in [-0.1, -0.05) is 18.2 Å². The van der Waals surface area contributed by atoms with Crippen LogP contribution >= 0.6 is 0 Å². The van der Waals surface area contributed by atoms with Crippen LogP contribution in [0.25, 0.3) is 0 Å². The summed E-state index contributed by atoms with van der Waals surface area (Å²) < 4.78 is 5.43. The molecule has 6 heteroatoms. The Kier molecular flexibility index (Phi) is 6.83. The first kappa shape index (κ1) is 18.3. The number of carbonyl (C=O) groups excluding carboxylic acids is 1. The van der Waals surface area contributed by atoms with Crippen LogP contribution in [0.15, 0.2) is 53.6 Å². The van der Waals surface area contributed by atoms with E-state index in [1.807, 2.05) is 36.4 Å². The maximum Gasteiger partial charge on any atom is 0.339 e. The van der Waals surface area contributed by atoms with Crippen LogP contribution in [-0.2, 0) is 0 Å². The molecule has 0 saturated carbocycles. The van der Waals surface area contributed by atoms with Gasteiger partial charge in [0.25, 0.3) is 0 Å². The van der Waals surface area contributed by atoms with E-state index in [4.69, 9.17) is 4.74 Å². The van der Waals surface area contributed by atoms with Gasteiger partial charge in [0, 0.05) is 36.1 Å². The number of urea groups is 1. The Morgan fingerprint density at radius 2 is 1.88 bits per heavy atom. The van der Waals surface area contributed by atoms with Crippen molar-refractivity contribution < 1.29 is 9.53 Å². The number of nitrogens with zero attached hydrogens (tertiary/aromatic N) is 2. The molecule has 0 aliphatic heterocycles. The van der Waals surface area contributed by atoms with Crippen molar-refractivity contribution in [2.75, 3.05) is 30.4 Å². The number of benzene rings is 2. The molecule has 0 saturated heterocycles. The van der Waals surface area contributed by atoms with Gasteiger partial charge in [0.05, 0.1) is 13.3 Å². The Labute approximate surface area is 148 Å². The van der Waals surface area contributed by atoms with Gasteiger partial charge in [-0.15, -0.1) is 0 Å². The largest absolute Gasteiger partial charge is 0.496 e. The lowest BCUT2D eigenvalue weighted by Crippen LogP contribution is -2.24.